The predicted octanol–water partition coefficient (Wildman–Crippen LogP) is -0.376. The standard InChI is InChI=1S/C12H14N4O4/c1-7-5-9(17)16-11(15-7)8(6-14-16)12(19)13-4-3-10(18)20-2/h5-6,14H,3-4H2,1-2H3,(H,13,19). The Morgan fingerprint density at radius 2 is 2.25 bits per heavy atom. The molecule has 8 heteroatoms. The number of methoxy groups -OCH3 is 1. The number of nitrogens with zero attached hydrogens (tertiary/aromatic N) is 2. The highest BCUT2D eigenvalue weighted by atomic mass is 16.5. The van der Waals surface area contributed by atoms with E-state index in [0.29, 0.717) is 5.69 Å². The first-order chi connectivity index (χ1) is 9.52. The molecule has 2 rings (SSSR count). The van der Waals surface area contributed by atoms with Crippen LogP contribution in [0.3, 0.4) is 0 Å². The zero-order chi connectivity index (χ0) is 14.7. The summed E-state index contributed by atoms with van der Waals surface area (Å²) < 4.78 is 5.65. The van der Waals surface area contributed by atoms with Gasteiger partial charge in [-0.2, -0.15) is 0 Å². The molecule has 0 aromatic carbocycles. The summed E-state index contributed by atoms with van der Waals surface area (Å²) in [6.45, 7) is 1.83. The number of hydrogen-bond donors (Lipinski definition) is 2. The summed E-state index contributed by atoms with van der Waals surface area (Å²) in [4.78, 5) is 38.8. The van der Waals surface area contributed by atoms with Gasteiger partial charge in [0.1, 0.15) is 5.56 Å². The minimum Gasteiger partial charge on any atom is -0.469 e. The summed E-state index contributed by atoms with van der Waals surface area (Å²) in [6, 6.07) is 1.36. The molecule has 0 atom stereocenters. The van der Waals surface area contributed by atoms with E-state index >= 15 is 0 Å². The number of aryl methyl sites for hydroxylation is 1. The first-order valence-electron chi connectivity index (χ1n) is 5.95. The van der Waals surface area contributed by atoms with E-state index in [1.54, 1.807) is 6.92 Å². The van der Waals surface area contributed by atoms with Gasteiger partial charge in [0.25, 0.3) is 11.5 Å². The van der Waals surface area contributed by atoms with Crippen molar-refractivity contribution in [2.24, 2.45) is 0 Å². The van der Waals surface area contributed by atoms with Crippen molar-refractivity contribution in [1.82, 2.24) is 19.9 Å². The van der Waals surface area contributed by atoms with Crippen molar-refractivity contribution in [3.63, 3.8) is 0 Å². The molecule has 0 bridgehead atoms. The molecule has 2 heterocycles. The van der Waals surface area contributed by atoms with E-state index < -0.39 is 11.9 Å². The van der Waals surface area contributed by atoms with Gasteiger partial charge in [0.15, 0.2) is 5.65 Å². The van der Waals surface area contributed by atoms with Crippen LogP contribution >= 0.6 is 0 Å². The van der Waals surface area contributed by atoms with Crippen LogP contribution in [0.4, 0.5) is 0 Å². The fourth-order valence-corrected chi connectivity index (χ4v) is 1.74. The second-order valence-corrected chi connectivity index (χ2v) is 4.16. The Kier molecular flexibility index (Phi) is 3.83. The van der Waals surface area contributed by atoms with E-state index in [1.807, 2.05) is 0 Å². The Morgan fingerprint density at radius 1 is 1.50 bits per heavy atom. The first kappa shape index (κ1) is 13.8. The molecule has 0 saturated carbocycles. The molecular weight excluding hydrogens is 264 g/mol. The average molecular weight is 278 g/mol. The molecular formula is C12H14N4O4. The van der Waals surface area contributed by atoms with E-state index in [2.05, 4.69) is 20.1 Å². The highest BCUT2D eigenvalue weighted by Gasteiger charge is 2.14. The van der Waals surface area contributed by atoms with Crippen LogP contribution in [0, 0.1) is 6.92 Å². The Bertz CT molecular complexity index is 716. The van der Waals surface area contributed by atoms with E-state index in [1.165, 1.54) is 23.9 Å². The third-order valence-electron chi connectivity index (χ3n) is 2.71. The molecule has 0 aliphatic carbocycles. The maximum absolute atomic E-state index is 12.0. The van der Waals surface area contributed by atoms with Crippen molar-refractivity contribution in [3.05, 3.63) is 33.9 Å². The minimum atomic E-state index is -0.412. The van der Waals surface area contributed by atoms with Crippen LogP contribution in [-0.2, 0) is 9.53 Å². The molecule has 0 aliphatic rings. The second-order valence-electron chi connectivity index (χ2n) is 4.16. The smallest absolute Gasteiger partial charge is 0.307 e. The number of carbonyl (C=O) groups excluding carboxylic acids is 2. The number of esters is 1. The molecule has 8 nitrogen and oxygen atoms in total. The lowest BCUT2D eigenvalue weighted by atomic mass is 10.3. The van der Waals surface area contributed by atoms with Gasteiger partial charge in [0.05, 0.1) is 13.5 Å². The quantitative estimate of drug-likeness (QED) is 0.742. The summed E-state index contributed by atoms with van der Waals surface area (Å²) in [5, 5.41) is 5.23. The van der Waals surface area contributed by atoms with Crippen molar-refractivity contribution >= 4 is 17.5 Å². The van der Waals surface area contributed by atoms with Crippen LogP contribution in [0.25, 0.3) is 5.65 Å². The van der Waals surface area contributed by atoms with Crippen LogP contribution in [0.5, 0.6) is 0 Å². The monoisotopic (exact) mass is 278 g/mol. The molecule has 0 aliphatic heterocycles. The molecule has 2 N–H and O–H groups in total. The zero-order valence-electron chi connectivity index (χ0n) is 11.1. The number of fused-ring (bicyclic) bond motifs is 1. The van der Waals surface area contributed by atoms with Gasteiger partial charge in [0.2, 0.25) is 0 Å². The van der Waals surface area contributed by atoms with Gasteiger partial charge in [-0.25, -0.2) is 9.50 Å². The topological polar surface area (TPSA) is 106 Å². The van der Waals surface area contributed by atoms with Crippen molar-refractivity contribution in [2.45, 2.75) is 13.3 Å². The van der Waals surface area contributed by atoms with E-state index in [4.69, 9.17) is 0 Å². The lowest BCUT2D eigenvalue weighted by molar-refractivity contribution is -0.140. The van der Waals surface area contributed by atoms with Gasteiger partial charge in [0, 0.05) is 24.5 Å². The number of aromatic nitrogens is 3. The Labute approximate surface area is 113 Å². The summed E-state index contributed by atoms with van der Waals surface area (Å²) in [7, 11) is 1.28. The molecule has 106 valence electrons. The maximum Gasteiger partial charge on any atom is 0.307 e. The number of rotatable bonds is 4. The number of aromatic amines is 1. The Hall–Kier alpha value is -2.64. The van der Waals surface area contributed by atoms with Gasteiger partial charge in [-0.3, -0.25) is 19.5 Å². The average Bonchev–Trinajstić information content (AvgIpc) is 2.82. The highest BCUT2D eigenvalue weighted by Crippen LogP contribution is 2.06. The molecule has 20 heavy (non-hydrogen) atoms. The molecule has 1 amide bonds. The van der Waals surface area contributed by atoms with Crippen molar-refractivity contribution in [2.75, 3.05) is 13.7 Å². The highest BCUT2D eigenvalue weighted by molar-refractivity contribution is 5.99. The number of carbonyl (C=O) groups is 2. The SMILES string of the molecule is COC(=O)CCNC(=O)c1c[nH]n2c(=O)cc(C)nc12. The van der Waals surface area contributed by atoms with E-state index in [-0.39, 0.29) is 29.7 Å². The summed E-state index contributed by atoms with van der Waals surface area (Å²) in [5.41, 5.74) is 0.737. The Balaban J connectivity index is 2.19. The van der Waals surface area contributed by atoms with Crippen LogP contribution in [0.15, 0.2) is 17.1 Å². The number of hydrogen-bond acceptors (Lipinski definition) is 5. The third kappa shape index (κ3) is 2.68. The number of nitrogens with one attached hydrogen (secondary N) is 2. The van der Waals surface area contributed by atoms with Gasteiger partial charge >= 0.3 is 5.97 Å². The lowest BCUT2D eigenvalue weighted by Gasteiger charge is -2.03. The fourth-order valence-electron chi connectivity index (χ4n) is 1.74. The van der Waals surface area contributed by atoms with Gasteiger partial charge in [-0.15, -0.1) is 0 Å². The van der Waals surface area contributed by atoms with Crippen molar-refractivity contribution < 1.29 is 14.3 Å². The largest absolute Gasteiger partial charge is 0.469 e. The zero-order valence-corrected chi connectivity index (χ0v) is 11.1. The molecule has 2 aromatic heterocycles. The molecule has 2 aromatic rings. The molecule has 0 radical (unpaired) electrons. The summed E-state index contributed by atoms with van der Waals surface area (Å²) in [5.74, 6) is -0.820. The predicted molar refractivity (Wildman–Crippen MR) is 69.5 cm³/mol. The molecule has 0 fully saturated rings. The Morgan fingerprint density at radius 3 is 2.95 bits per heavy atom. The molecule has 0 spiro atoms. The summed E-state index contributed by atoms with van der Waals surface area (Å²) in [6.07, 6.45) is 1.48. The second kappa shape index (κ2) is 5.55. The van der Waals surface area contributed by atoms with Crippen molar-refractivity contribution in [1.29, 1.82) is 0 Å². The first-order valence-corrected chi connectivity index (χ1v) is 5.95. The normalized spacial score (nSPS) is 10.5. The van der Waals surface area contributed by atoms with Gasteiger partial charge in [-0.05, 0) is 6.92 Å². The van der Waals surface area contributed by atoms with Crippen LogP contribution in [0.1, 0.15) is 22.5 Å². The van der Waals surface area contributed by atoms with E-state index in [9.17, 15) is 14.4 Å². The molecule has 0 unspecified atom stereocenters. The minimum absolute atomic E-state index is 0.0804. The van der Waals surface area contributed by atoms with Gasteiger partial charge < -0.3 is 10.1 Å². The third-order valence-corrected chi connectivity index (χ3v) is 2.71. The lowest BCUT2D eigenvalue weighted by Crippen LogP contribution is -2.26. The molecule has 0 saturated heterocycles. The van der Waals surface area contributed by atoms with Crippen molar-refractivity contribution in [3.8, 4) is 0 Å². The van der Waals surface area contributed by atoms with Crippen LogP contribution < -0.4 is 10.9 Å². The van der Waals surface area contributed by atoms with Crippen LogP contribution in [0.2, 0.25) is 0 Å². The number of ether oxygens (including phenoxy) is 1. The van der Waals surface area contributed by atoms with Gasteiger partial charge in [-0.1, -0.05) is 0 Å². The summed E-state index contributed by atoms with van der Waals surface area (Å²) >= 11 is 0. The fraction of sp³-hybridized carbons (Fsp3) is 0.333. The maximum atomic E-state index is 12.0. The van der Waals surface area contributed by atoms with Crippen LogP contribution in [-0.4, -0.2) is 40.1 Å². The number of amides is 1. The van der Waals surface area contributed by atoms with E-state index in [0.717, 1.165) is 0 Å². The number of H-pyrrole nitrogens is 1.